The molecule has 2 aliphatic heterocycles. The number of nitrogens with zero attached hydrogens (tertiary/aromatic N) is 1. The molecule has 0 saturated carbocycles. The first-order valence-electron chi connectivity index (χ1n) is 9.34. The minimum absolute atomic E-state index is 0.118. The largest absolute Gasteiger partial charge is 0.465 e. The smallest absolute Gasteiger partial charge is 0.337 e. The maximum atomic E-state index is 13.0. The highest BCUT2D eigenvalue weighted by Gasteiger charge is 2.38. The van der Waals surface area contributed by atoms with Crippen molar-refractivity contribution >= 4 is 23.5 Å². The fourth-order valence-electron chi connectivity index (χ4n) is 3.50. The number of amides is 2. The predicted molar refractivity (Wildman–Crippen MR) is 108 cm³/mol. The van der Waals surface area contributed by atoms with E-state index in [1.165, 1.54) is 25.3 Å². The van der Waals surface area contributed by atoms with Gasteiger partial charge in [-0.1, -0.05) is 12.1 Å². The predicted octanol–water partition coefficient (Wildman–Crippen LogP) is 3.79. The van der Waals surface area contributed by atoms with Crippen LogP contribution in [-0.2, 0) is 4.74 Å². The van der Waals surface area contributed by atoms with Crippen molar-refractivity contribution in [1.82, 2.24) is 0 Å². The van der Waals surface area contributed by atoms with Gasteiger partial charge in [-0.15, -0.1) is 0 Å². The highest BCUT2D eigenvalue weighted by atomic mass is 16.7. The Labute approximate surface area is 176 Å². The number of carbonyl (C=O) groups excluding carboxylic acids is 3. The molecule has 0 bridgehead atoms. The van der Waals surface area contributed by atoms with Crippen molar-refractivity contribution in [3.63, 3.8) is 0 Å². The number of carbonyl (C=O) groups is 3. The molecule has 8 nitrogen and oxygen atoms in total. The average Bonchev–Trinajstić information content (AvgIpc) is 3.36. The summed E-state index contributed by atoms with van der Waals surface area (Å²) in [4.78, 5) is 39.1. The van der Waals surface area contributed by atoms with E-state index in [2.05, 4.69) is 0 Å². The Bertz CT molecular complexity index is 1220. The topological polar surface area (TPSA) is 91.4 Å². The first-order valence-corrected chi connectivity index (χ1v) is 9.34. The molecule has 0 saturated heterocycles. The Morgan fingerprint density at radius 2 is 1.61 bits per heavy atom. The maximum Gasteiger partial charge on any atom is 0.337 e. The summed E-state index contributed by atoms with van der Waals surface area (Å²) in [6.07, 6.45) is 0. The lowest BCUT2D eigenvalue weighted by Gasteiger charge is -2.19. The Kier molecular flexibility index (Phi) is 4.32. The molecule has 0 aliphatic carbocycles. The monoisotopic (exact) mass is 417 g/mol. The number of methoxy groups -OCH3 is 1. The summed E-state index contributed by atoms with van der Waals surface area (Å²) in [5.74, 6) is 0.123. The van der Waals surface area contributed by atoms with E-state index in [0.717, 1.165) is 4.90 Å². The van der Waals surface area contributed by atoms with Gasteiger partial charge in [0.15, 0.2) is 17.2 Å². The zero-order valence-electron chi connectivity index (χ0n) is 16.3. The summed E-state index contributed by atoms with van der Waals surface area (Å²) >= 11 is 0. The number of ether oxygens (including phenoxy) is 4. The fourth-order valence-corrected chi connectivity index (χ4v) is 3.50. The molecule has 2 aliphatic rings. The molecule has 0 radical (unpaired) electrons. The SMILES string of the molecule is COC(=O)c1ccc(Oc2ccc3c(c2)OCO3)c(N2C(=O)c3ccccc3C2=O)c1. The van der Waals surface area contributed by atoms with Crippen LogP contribution in [0.2, 0.25) is 0 Å². The highest BCUT2D eigenvalue weighted by Crippen LogP contribution is 2.41. The van der Waals surface area contributed by atoms with E-state index >= 15 is 0 Å². The van der Waals surface area contributed by atoms with Gasteiger partial charge < -0.3 is 18.9 Å². The van der Waals surface area contributed by atoms with E-state index in [1.54, 1.807) is 42.5 Å². The van der Waals surface area contributed by atoms with E-state index in [9.17, 15) is 14.4 Å². The number of imide groups is 1. The normalized spacial score (nSPS) is 13.9. The van der Waals surface area contributed by atoms with Gasteiger partial charge in [0.1, 0.15) is 5.75 Å². The maximum absolute atomic E-state index is 13.0. The van der Waals surface area contributed by atoms with E-state index in [0.29, 0.717) is 17.2 Å². The summed E-state index contributed by atoms with van der Waals surface area (Å²) in [6.45, 7) is 0.118. The molecule has 31 heavy (non-hydrogen) atoms. The van der Waals surface area contributed by atoms with Gasteiger partial charge in [0.05, 0.1) is 29.5 Å². The van der Waals surface area contributed by atoms with Crippen molar-refractivity contribution in [2.24, 2.45) is 0 Å². The molecular formula is C23H15NO7. The van der Waals surface area contributed by atoms with E-state index in [-0.39, 0.29) is 34.9 Å². The third-order valence-electron chi connectivity index (χ3n) is 4.99. The van der Waals surface area contributed by atoms with Crippen LogP contribution < -0.4 is 19.1 Å². The molecule has 3 aromatic rings. The minimum atomic E-state index is -0.604. The first kappa shape index (κ1) is 18.7. The van der Waals surface area contributed by atoms with Crippen LogP contribution in [0.3, 0.4) is 0 Å². The first-order chi connectivity index (χ1) is 15.1. The van der Waals surface area contributed by atoms with E-state index in [4.69, 9.17) is 18.9 Å². The van der Waals surface area contributed by atoms with Crippen LogP contribution >= 0.6 is 0 Å². The second kappa shape index (κ2) is 7.17. The van der Waals surface area contributed by atoms with Crippen molar-refractivity contribution in [2.75, 3.05) is 18.8 Å². The number of anilines is 1. The molecule has 0 unspecified atom stereocenters. The van der Waals surface area contributed by atoms with Crippen LogP contribution in [0.25, 0.3) is 0 Å². The summed E-state index contributed by atoms with van der Waals surface area (Å²) in [5.41, 5.74) is 0.869. The van der Waals surface area contributed by atoms with Crippen molar-refractivity contribution in [3.8, 4) is 23.0 Å². The molecule has 8 heteroatoms. The lowest BCUT2D eigenvalue weighted by Crippen LogP contribution is -2.30. The van der Waals surface area contributed by atoms with Gasteiger partial charge in [-0.05, 0) is 42.5 Å². The molecular weight excluding hydrogens is 402 g/mol. The Morgan fingerprint density at radius 3 is 2.32 bits per heavy atom. The number of rotatable bonds is 4. The quantitative estimate of drug-likeness (QED) is 0.471. The van der Waals surface area contributed by atoms with Crippen molar-refractivity contribution in [3.05, 3.63) is 77.4 Å². The van der Waals surface area contributed by atoms with Crippen LogP contribution in [0.4, 0.5) is 5.69 Å². The molecule has 2 heterocycles. The number of esters is 1. The Balaban J connectivity index is 1.59. The lowest BCUT2D eigenvalue weighted by atomic mass is 10.1. The van der Waals surface area contributed by atoms with Gasteiger partial charge in [0.2, 0.25) is 6.79 Å². The molecule has 0 N–H and O–H groups in total. The van der Waals surface area contributed by atoms with Crippen molar-refractivity contribution in [2.45, 2.75) is 0 Å². The number of hydrogen-bond donors (Lipinski definition) is 0. The molecule has 0 aromatic heterocycles. The van der Waals surface area contributed by atoms with Crippen LogP contribution in [0.5, 0.6) is 23.0 Å². The molecule has 3 aromatic carbocycles. The van der Waals surface area contributed by atoms with Crippen molar-refractivity contribution < 1.29 is 33.3 Å². The van der Waals surface area contributed by atoms with Gasteiger partial charge in [-0.3, -0.25) is 9.59 Å². The third-order valence-corrected chi connectivity index (χ3v) is 4.99. The standard InChI is InChI=1S/C23H15NO7/c1-28-23(27)13-6-8-18(31-14-7-9-19-20(11-14)30-12-29-19)17(10-13)24-21(25)15-4-2-3-5-16(15)22(24)26/h2-11H,12H2,1H3. The summed E-state index contributed by atoms with van der Waals surface area (Å²) in [5, 5.41) is 0. The molecule has 154 valence electrons. The van der Waals surface area contributed by atoms with Crippen LogP contribution in [0.15, 0.2) is 60.7 Å². The molecule has 2 amide bonds. The fraction of sp³-hybridized carbons (Fsp3) is 0.0870. The zero-order valence-corrected chi connectivity index (χ0v) is 16.3. The Morgan fingerprint density at radius 1 is 0.903 bits per heavy atom. The van der Waals surface area contributed by atoms with Gasteiger partial charge in [-0.2, -0.15) is 0 Å². The third kappa shape index (κ3) is 3.05. The van der Waals surface area contributed by atoms with Gasteiger partial charge in [0, 0.05) is 6.07 Å². The second-order valence-corrected chi connectivity index (χ2v) is 6.78. The highest BCUT2D eigenvalue weighted by molar-refractivity contribution is 6.35. The summed E-state index contributed by atoms with van der Waals surface area (Å²) < 4.78 is 21.4. The molecule has 5 rings (SSSR count). The number of fused-ring (bicyclic) bond motifs is 2. The van der Waals surface area contributed by atoms with Crippen LogP contribution in [-0.4, -0.2) is 31.7 Å². The number of benzene rings is 3. The van der Waals surface area contributed by atoms with E-state index in [1.807, 2.05) is 0 Å². The van der Waals surface area contributed by atoms with Gasteiger partial charge in [-0.25, -0.2) is 9.69 Å². The van der Waals surface area contributed by atoms with Gasteiger partial charge >= 0.3 is 5.97 Å². The second-order valence-electron chi connectivity index (χ2n) is 6.78. The lowest BCUT2D eigenvalue weighted by molar-refractivity contribution is 0.0600. The number of hydrogen-bond acceptors (Lipinski definition) is 7. The Hall–Kier alpha value is -4.33. The molecule has 0 spiro atoms. The van der Waals surface area contributed by atoms with Gasteiger partial charge in [0.25, 0.3) is 11.8 Å². The zero-order chi connectivity index (χ0) is 21.5. The molecule has 0 fully saturated rings. The van der Waals surface area contributed by atoms with E-state index < -0.39 is 17.8 Å². The van der Waals surface area contributed by atoms with Crippen molar-refractivity contribution in [1.29, 1.82) is 0 Å². The average molecular weight is 417 g/mol. The summed E-state index contributed by atoms with van der Waals surface area (Å²) in [6, 6.07) is 15.9. The minimum Gasteiger partial charge on any atom is -0.465 e. The van der Waals surface area contributed by atoms with Crippen LogP contribution in [0, 0.1) is 0 Å². The van der Waals surface area contributed by atoms with Crippen LogP contribution in [0.1, 0.15) is 31.1 Å². The summed E-state index contributed by atoms with van der Waals surface area (Å²) in [7, 11) is 1.25. The molecule has 0 atom stereocenters.